The highest BCUT2D eigenvalue weighted by Crippen LogP contribution is 2.21. The van der Waals surface area contributed by atoms with Crippen molar-refractivity contribution in [2.45, 2.75) is 13.0 Å². The van der Waals surface area contributed by atoms with Crippen LogP contribution in [-0.2, 0) is 11.8 Å². The van der Waals surface area contributed by atoms with Gasteiger partial charge in [-0.25, -0.2) is 0 Å². The van der Waals surface area contributed by atoms with Crippen LogP contribution in [0.5, 0.6) is 0 Å². The number of aliphatic carboxylic acids is 1. The summed E-state index contributed by atoms with van der Waals surface area (Å²) in [6, 6.07) is 14.1. The highest BCUT2D eigenvalue weighted by molar-refractivity contribution is 5.90. The molecule has 6 heteroatoms. The molecule has 3 rings (SSSR count). The zero-order chi connectivity index (χ0) is 17.1. The van der Waals surface area contributed by atoms with Crippen LogP contribution in [-0.4, -0.2) is 17.2 Å². The van der Waals surface area contributed by atoms with Crippen molar-refractivity contribution in [3.8, 4) is 0 Å². The normalized spacial score (nSPS) is 11.8. The number of carbonyl (C=O) groups is 1. The monoisotopic (exact) mass is 313 g/mol. The fourth-order valence-corrected chi connectivity index (χ4v) is 2.24. The number of aromatic nitrogens is 1. The fourth-order valence-electron chi connectivity index (χ4n) is 2.24. The van der Waals surface area contributed by atoms with Crippen molar-refractivity contribution in [3.63, 3.8) is 0 Å². The minimum Gasteiger partial charge on any atom is -0.547 e. The first kappa shape index (κ1) is 16.5. The lowest BCUT2D eigenvalue weighted by atomic mass is 10.1. The molecule has 1 unspecified atom stereocenters. The first-order valence-corrected chi connectivity index (χ1v) is 7.06. The van der Waals surface area contributed by atoms with E-state index in [1.165, 1.54) is 10.8 Å². The number of benzene rings is 2. The Morgan fingerprint density at radius 2 is 1.43 bits per heavy atom. The van der Waals surface area contributed by atoms with E-state index >= 15 is 0 Å². The van der Waals surface area contributed by atoms with Crippen molar-refractivity contribution in [2.24, 2.45) is 7.05 Å². The van der Waals surface area contributed by atoms with E-state index in [-0.39, 0.29) is 0 Å². The van der Waals surface area contributed by atoms with Gasteiger partial charge in [0.15, 0.2) is 0 Å². The maximum absolute atomic E-state index is 9.34. The summed E-state index contributed by atoms with van der Waals surface area (Å²) in [5.74, 6) is -1.44. The van der Waals surface area contributed by atoms with Crippen LogP contribution < -0.4 is 21.1 Å². The highest BCUT2D eigenvalue weighted by Gasteiger charge is 2.11. The number of rotatable bonds is 1. The fraction of sp³-hybridized carbons (Fsp3) is 0.176. The lowest BCUT2D eigenvalue weighted by molar-refractivity contribution is -0.617. The van der Waals surface area contributed by atoms with Crippen LogP contribution in [0.2, 0.25) is 0 Å². The van der Waals surface area contributed by atoms with Crippen molar-refractivity contribution in [2.75, 3.05) is 11.5 Å². The predicted molar refractivity (Wildman–Crippen MR) is 88.1 cm³/mol. The summed E-state index contributed by atoms with van der Waals surface area (Å²) in [6.45, 7) is 1.13. The molecular weight excluding hydrogens is 294 g/mol. The average molecular weight is 313 g/mol. The molecule has 0 aliphatic heterocycles. The summed E-state index contributed by atoms with van der Waals surface area (Å²) in [5, 5.41) is 19.7. The maximum atomic E-state index is 9.34. The number of hydrogen-bond acceptors (Lipinski definition) is 5. The molecule has 0 saturated carbocycles. The Hall–Kier alpha value is -2.86. The van der Waals surface area contributed by atoms with Gasteiger partial charge in [0.05, 0.1) is 12.1 Å². The van der Waals surface area contributed by atoms with Gasteiger partial charge in [0.1, 0.15) is 7.05 Å². The van der Waals surface area contributed by atoms with Crippen LogP contribution in [0.4, 0.5) is 11.4 Å². The SMILES string of the molecule is CC(O)C(=O)[O-].C[n+]1c2cc(N)ccc2cc2ccc(N)cc21. The number of nitrogen functional groups attached to an aromatic ring is 2. The van der Waals surface area contributed by atoms with Gasteiger partial charge in [-0.1, -0.05) is 0 Å². The van der Waals surface area contributed by atoms with Gasteiger partial charge >= 0.3 is 0 Å². The molecule has 3 aromatic rings. The van der Waals surface area contributed by atoms with Gasteiger partial charge < -0.3 is 26.5 Å². The van der Waals surface area contributed by atoms with E-state index in [0.29, 0.717) is 0 Å². The number of carboxylic acid groups (broad SMARTS) is 1. The second-order valence-electron chi connectivity index (χ2n) is 5.33. The van der Waals surface area contributed by atoms with Crippen LogP contribution in [0.25, 0.3) is 21.8 Å². The van der Waals surface area contributed by atoms with E-state index in [0.717, 1.165) is 29.3 Å². The number of aryl methyl sites for hydroxylation is 1. The Bertz CT molecular complexity index is 816. The van der Waals surface area contributed by atoms with E-state index in [1.54, 1.807) is 0 Å². The highest BCUT2D eigenvalue weighted by atomic mass is 16.4. The number of pyridine rings is 1. The number of fused-ring (bicyclic) bond motifs is 2. The predicted octanol–water partition coefficient (Wildman–Crippen LogP) is 0.0990. The number of carbonyl (C=O) groups excluding carboxylic acids is 1. The first-order chi connectivity index (χ1) is 10.8. The Kier molecular flexibility index (Phi) is 4.66. The molecule has 23 heavy (non-hydrogen) atoms. The van der Waals surface area contributed by atoms with Gasteiger partial charge in [-0.2, -0.15) is 4.57 Å². The summed E-state index contributed by atoms with van der Waals surface area (Å²) in [4.78, 5) is 9.34. The molecule has 0 radical (unpaired) electrons. The van der Waals surface area contributed by atoms with Gasteiger partial charge in [-0.05, 0) is 37.3 Å². The average Bonchev–Trinajstić information content (AvgIpc) is 2.49. The first-order valence-electron chi connectivity index (χ1n) is 7.06. The van der Waals surface area contributed by atoms with Crippen molar-refractivity contribution < 1.29 is 19.6 Å². The van der Waals surface area contributed by atoms with Crippen LogP contribution in [0.1, 0.15) is 6.92 Å². The van der Waals surface area contributed by atoms with E-state index in [2.05, 4.69) is 10.6 Å². The molecule has 6 nitrogen and oxygen atoms in total. The molecule has 1 heterocycles. The van der Waals surface area contributed by atoms with Crippen molar-refractivity contribution in [1.29, 1.82) is 0 Å². The van der Waals surface area contributed by atoms with Gasteiger partial charge in [0.25, 0.3) is 0 Å². The number of aliphatic hydroxyl groups is 1. The number of anilines is 2. The van der Waals surface area contributed by atoms with Gasteiger partial charge in [-0.15, -0.1) is 0 Å². The second kappa shape index (κ2) is 6.50. The zero-order valence-electron chi connectivity index (χ0n) is 13.0. The molecule has 1 aromatic heterocycles. The third kappa shape index (κ3) is 3.67. The largest absolute Gasteiger partial charge is 0.547 e. The summed E-state index contributed by atoms with van der Waals surface area (Å²) >= 11 is 0. The maximum Gasteiger partial charge on any atom is 0.214 e. The zero-order valence-corrected chi connectivity index (χ0v) is 13.0. The van der Waals surface area contributed by atoms with Gasteiger partial charge in [-0.3, -0.25) is 0 Å². The summed E-state index contributed by atoms with van der Waals surface area (Å²) in [6.07, 6.45) is -1.34. The number of carboxylic acids is 1. The molecule has 0 saturated heterocycles. The molecule has 0 amide bonds. The minimum absolute atomic E-state index is 0.774. The Balaban J connectivity index is 0.000000277. The Morgan fingerprint density at radius 3 is 1.78 bits per heavy atom. The molecule has 0 aliphatic rings. The summed E-state index contributed by atoms with van der Waals surface area (Å²) in [7, 11) is 2.03. The van der Waals surface area contributed by atoms with Crippen LogP contribution >= 0.6 is 0 Å². The Morgan fingerprint density at radius 1 is 1.04 bits per heavy atom. The van der Waals surface area contributed by atoms with Crippen molar-refractivity contribution in [3.05, 3.63) is 42.5 Å². The topological polar surface area (TPSA) is 116 Å². The lowest BCUT2D eigenvalue weighted by Gasteiger charge is -2.03. The minimum atomic E-state index is -1.44. The molecular formula is C17H19N3O3. The summed E-state index contributed by atoms with van der Waals surface area (Å²) < 4.78 is 2.12. The molecule has 1 atom stereocenters. The number of aliphatic hydroxyl groups excluding tert-OH is 1. The van der Waals surface area contributed by atoms with Crippen LogP contribution in [0.15, 0.2) is 42.5 Å². The molecule has 2 aromatic carbocycles. The van der Waals surface area contributed by atoms with Gasteiger partial charge in [0, 0.05) is 34.3 Å². The number of nitrogens with zero attached hydrogens (tertiary/aromatic N) is 1. The molecule has 0 spiro atoms. The quantitative estimate of drug-likeness (QED) is 0.335. The molecule has 0 fully saturated rings. The third-order valence-corrected chi connectivity index (χ3v) is 3.48. The standard InChI is InChI=1S/C14H13N3.C3H6O3/c1-17-13-7-11(15)4-2-9(13)6-10-3-5-12(16)8-14(10)17;1-2(4)3(5)6/h2-8H,1H3,(H3,15,16);2,4H,1H3,(H,5,6). The van der Waals surface area contributed by atoms with Crippen molar-refractivity contribution >= 4 is 39.1 Å². The molecule has 5 N–H and O–H groups in total. The third-order valence-electron chi connectivity index (χ3n) is 3.48. The molecule has 120 valence electrons. The van der Waals surface area contributed by atoms with Crippen molar-refractivity contribution in [1.82, 2.24) is 0 Å². The van der Waals surface area contributed by atoms with Crippen LogP contribution in [0, 0.1) is 0 Å². The molecule has 0 bridgehead atoms. The Labute approximate surface area is 133 Å². The lowest BCUT2D eigenvalue weighted by Crippen LogP contribution is -2.32. The number of hydrogen-bond donors (Lipinski definition) is 3. The van der Waals surface area contributed by atoms with E-state index < -0.39 is 12.1 Å². The van der Waals surface area contributed by atoms with Gasteiger partial charge in [0.2, 0.25) is 11.0 Å². The van der Waals surface area contributed by atoms with E-state index in [4.69, 9.17) is 16.6 Å². The smallest absolute Gasteiger partial charge is 0.214 e. The van der Waals surface area contributed by atoms with Crippen LogP contribution in [0.3, 0.4) is 0 Å². The van der Waals surface area contributed by atoms with E-state index in [9.17, 15) is 9.90 Å². The van der Waals surface area contributed by atoms with E-state index in [1.807, 2.05) is 43.4 Å². The summed E-state index contributed by atoms with van der Waals surface area (Å²) in [5.41, 5.74) is 15.4. The molecule has 0 aliphatic carbocycles. The number of nitrogens with two attached hydrogens (primary N) is 2. The second-order valence-corrected chi connectivity index (χ2v) is 5.33.